The molecule has 5 aromatic rings. The Hall–Kier alpha value is -4.99. The number of hydrogen-bond acceptors (Lipinski definition) is 7. The zero-order valence-corrected chi connectivity index (χ0v) is 25.7. The standard InChI is InChI=1S/C34H38N6O4/c1-22(2)29(31-39-38-30-27-14-10-9-13-25(27)20-35-40(30)31)37-32(41)28(36-33(42)44-34(3,4)5)19-23-15-17-26(18-16-23)43-21-24-11-7-6-8-12-24/h6-18,20,22,28-29H,19,21H2,1-5H3,(H,36,42)(H,37,41)/t28-,29-/m0/s1. The molecular formula is C34H38N6O4. The first kappa shape index (κ1) is 30.5. The molecule has 2 aromatic heterocycles. The minimum Gasteiger partial charge on any atom is -0.489 e. The number of nitrogens with one attached hydrogen (secondary N) is 2. The molecule has 2 heterocycles. The molecular weight excluding hydrogens is 556 g/mol. The van der Waals surface area contributed by atoms with Gasteiger partial charge in [0.1, 0.15) is 24.0 Å². The molecule has 10 nitrogen and oxygen atoms in total. The largest absolute Gasteiger partial charge is 0.489 e. The van der Waals surface area contributed by atoms with Crippen LogP contribution in [0.15, 0.2) is 85.1 Å². The number of rotatable bonds is 10. The normalized spacial score (nSPS) is 13.0. The van der Waals surface area contributed by atoms with Crippen molar-refractivity contribution in [1.82, 2.24) is 30.4 Å². The van der Waals surface area contributed by atoms with Crippen LogP contribution in [0.2, 0.25) is 0 Å². The average Bonchev–Trinajstić information content (AvgIpc) is 3.43. The van der Waals surface area contributed by atoms with Crippen molar-refractivity contribution in [1.29, 1.82) is 0 Å². The summed E-state index contributed by atoms with van der Waals surface area (Å²) in [6.07, 6.45) is 1.31. The number of hydrogen-bond donors (Lipinski definition) is 2. The number of aromatic nitrogens is 4. The van der Waals surface area contributed by atoms with E-state index >= 15 is 0 Å². The van der Waals surface area contributed by atoms with Crippen LogP contribution in [0.1, 0.15) is 57.6 Å². The summed E-state index contributed by atoms with van der Waals surface area (Å²) in [6, 6.07) is 23.8. The quantitative estimate of drug-likeness (QED) is 0.210. The highest BCUT2D eigenvalue weighted by molar-refractivity contribution is 5.93. The van der Waals surface area contributed by atoms with Crippen molar-refractivity contribution in [3.63, 3.8) is 0 Å². The number of ether oxygens (including phenoxy) is 2. The van der Waals surface area contributed by atoms with Crippen molar-refractivity contribution in [2.75, 3.05) is 0 Å². The molecule has 0 fully saturated rings. The summed E-state index contributed by atoms with van der Waals surface area (Å²) in [4.78, 5) is 26.7. The summed E-state index contributed by atoms with van der Waals surface area (Å²) < 4.78 is 13.1. The molecule has 0 unspecified atom stereocenters. The van der Waals surface area contributed by atoms with Crippen molar-refractivity contribution in [2.45, 2.75) is 65.3 Å². The molecule has 2 amide bonds. The zero-order chi connectivity index (χ0) is 31.3. The van der Waals surface area contributed by atoms with E-state index in [9.17, 15) is 9.59 Å². The number of amides is 2. The Bertz CT molecular complexity index is 1730. The summed E-state index contributed by atoms with van der Waals surface area (Å²) in [5.74, 6) is 0.779. The molecule has 2 N–H and O–H groups in total. The monoisotopic (exact) mass is 594 g/mol. The van der Waals surface area contributed by atoms with Gasteiger partial charge in [-0.3, -0.25) is 4.79 Å². The van der Waals surface area contributed by atoms with E-state index in [1.54, 1.807) is 31.5 Å². The number of benzene rings is 3. The van der Waals surface area contributed by atoms with Gasteiger partial charge in [-0.2, -0.15) is 9.61 Å². The third kappa shape index (κ3) is 7.50. The topological polar surface area (TPSA) is 120 Å². The minimum absolute atomic E-state index is 0.0529. The van der Waals surface area contributed by atoms with Crippen molar-refractivity contribution in [2.24, 2.45) is 5.92 Å². The summed E-state index contributed by atoms with van der Waals surface area (Å²) >= 11 is 0. The molecule has 228 valence electrons. The molecule has 0 aliphatic rings. The van der Waals surface area contributed by atoms with E-state index in [1.165, 1.54) is 0 Å². The second-order valence-electron chi connectivity index (χ2n) is 12.1. The number of alkyl carbamates (subject to hydrolysis) is 1. The molecule has 10 heteroatoms. The van der Waals surface area contributed by atoms with Crippen LogP contribution in [0, 0.1) is 5.92 Å². The highest BCUT2D eigenvalue weighted by Crippen LogP contribution is 2.24. The summed E-state index contributed by atoms with van der Waals surface area (Å²) in [6.45, 7) is 9.74. The molecule has 0 aliphatic carbocycles. The van der Waals surface area contributed by atoms with Crippen LogP contribution in [0.5, 0.6) is 5.75 Å². The summed E-state index contributed by atoms with van der Waals surface area (Å²) in [5, 5.41) is 21.1. The fourth-order valence-corrected chi connectivity index (χ4v) is 4.84. The Kier molecular flexibility index (Phi) is 9.08. The van der Waals surface area contributed by atoms with E-state index in [-0.39, 0.29) is 18.2 Å². The highest BCUT2D eigenvalue weighted by Gasteiger charge is 2.30. The van der Waals surface area contributed by atoms with Gasteiger partial charge in [-0.1, -0.05) is 80.6 Å². The maximum absolute atomic E-state index is 13.8. The Morgan fingerprint density at radius 1 is 0.864 bits per heavy atom. The second-order valence-corrected chi connectivity index (χ2v) is 12.1. The first-order chi connectivity index (χ1) is 21.1. The van der Waals surface area contributed by atoms with Crippen LogP contribution < -0.4 is 15.4 Å². The number of carbonyl (C=O) groups is 2. The van der Waals surface area contributed by atoms with Gasteiger partial charge in [0, 0.05) is 17.2 Å². The Morgan fingerprint density at radius 3 is 2.27 bits per heavy atom. The molecule has 44 heavy (non-hydrogen) atoms. The van der Waals surface area contributed by atoms with Crippen molar-refractivity contribution in [3.8, 4) is 5.75 Å². The lowest BCUT2D eigenvalue weighted by atomic mass is 10.0. The van der Waals surface area contributed by atoms with Crippen LogP contribution in [0.3, 0.4) is 0 Å². The van der Waals surface area contributed by atoms with Crippen molar-refractivity contribution < 1.29 is 19.1 Å². The van der Waals surface area contributed by atoms with Crippen LogP contribution in [0.4, 0.5) is 4.79 Å². The molecule has 0 aliphatic heterocycles. The Balaban J connectivity index is 1.35. The fraction of sp³-hybridized carbons (Fsp3) is 0.324. The van der Waals surface area contributed by atoms with Gasteiger partial charge < -0.3 is 20.1 Å². The van der Waals surface area contributed by atoms with E-state index in [1.807, 2.05) is 92.7 Å². The molecule has 3 aromatic carbocycles. The second kappa shape index (κ2) is 13.1. The molecule has 0 radical (unpaired) electrons. The van der Waals surface area contributed by atoms with E-state index in [2.05, 4.69) is 25.9 Å². The lowest BCUT2D eigenvalue weighted by Crippen LogP contribution is -2.50. The molecule has 0 bridgehead atoms. The smallest absolute Gasteiger partial charge is 0.408 e. The third-order valence-corrected chi connectivity index (χ3v) is 7.04. The molecule has 0 spiro atoms. The molecule has 5 rings (SSSR count). The fourth-order valence-electron chi connectivity index (χ4n) is 4.84. The minimum atomic E-state index is -0.921. The zero-order valence-electron chi connectivity index (χ0n) is 25.7. The number of fused-ring (bicyclic) bond motifs is 3. The van der Waals surface area contributed by atoms with E-state index < -0.39 is 23.8 Å². The Morgan fingerprint density at radius 2 is 1.57 bits per heavy atom. The maximum atomic E-state index is 13.8. The van der Waals surface area contributed by atoms with Gasteiger partial charge >= 0.3 is 6.09 Å². The lowest BCUT2D eigenvalue weighted by molar-refractivity contribution is -0.124. The Labute approximate surface area is 256 Å². The summed E-state index contributed by atoms with van der Waals surface area (Å²) in [5.41, 5.74) is 1.79. The van der Waals surface area contributed by atoms with Gasteiger partial charge in [-0.05, 0) is 49.9 Å². The predicted molar refractivity (Wildman–Crippen MR) is 168 cm³/mol. The van der Waals surface area contributed by atoms with Crippen LogP contribution in [-0.4, -0.2) is 43.5 Å². The van der Waals surface area contributed by atoms with Crippen molar-refractivity contribution in [3.05, 3.63) is 102 Å². The number of nitrogens with zero attached hydrogens (tertiary/aromatic N) is 4. The van der Waals surface area contributed by atoms with Crippen LogP contribution in [-0.2, 0) is 22.6 Å². The van der Waals surface area contributed by atoms with Gasteiger partial charge in [0.2, 0.25) is 5.91 Å². The first-order valence-electron chi connectivity index (χ1n) is 14.7. The SMILES string of the molecule is CC(C)[C@H](NC(=O)[C@H](Cc1ccc(OCc2ccccc2)cc1)NC(=O)OC(C)(C)C)c1nnc2c3ccccc3cnn12. The third-order valence-electron chi connectivity index (χ3n) is 7.04. The van der Waals surface area contributed by atoms with Crippen molar-refractivity contribution >= 4 is 28.4 Å². The van der Waals surface area contributed by atoms with Crippen LogP contribution in [0.25, 0.3) is 16.4 Å². The van der Waals surface area contributed by atoms with E-state index in [0.717, 1.165) is 21.9 Å². The van der Waals surface area contributed by atoms with Gasteiger partial charge in [-0.15, -0.1) is 10.2 Å². The van der Waals surface area contributed by atoms with Gasteiger partial charge in [0.25, 0.3) is 0 Å². The maximum Gasteiger partial charge on any atom is 0.408 e. The van der Waals surface area contributed by atoms with Gasteiger partial charge in [-0.25, -0.2) is 4.79 Å². The first-order valence-corrected chi connectivity index (χ1v) is 14.7. The van der Waals surface area contributed by atoms with E-state index in [0.29, 0.717) is 23.8 Å². The number of carbonyl (C=O) groups excluding carboxylic acids is 2. The molecule has 2 atom stereocenters. The van der Waals surface area contributed by atoms with Gasteiger partial charge in [0.15, 0.2) is 11.5 Å². The van der Waals surface area contributed by atoms with E-state index in [4.69, 9.17) is 9.47 Å². The average molecular weight is 595 g/mol. The highest BCUT2D eigenvalue weighted by atomic mass is 16.6. The molecule has 0 saturated heterocycles. The van der Waals surface area contributed by atoms with Gasteiger partial charge in [0.05, 0.1) is 12.2 Å². The van der Waals surface area contributed by atoms with Crippen LogP contribution >= 0.6 is 0 Å². The summed E-state index contributed by atoms with van der Waals surface area (Å²) in [7, 11) is 0. The lowest BCUT2D eigenvalue weighted by Gasteiger charge is -2.26. The predicted octanol–water partition coefficient (Wildman–Crippen LogP) is 5.81. The molecule has 0 saturated carbocycles.